The molecular formula is C18H14I2. The Kier molecular flexibility index (Phi) is 4.61. The second-order valence-corrected chi connectivity index (χ2v) is 6.97. The predicted octanol–water partition coefficient (Wildman–Crippen LogP) is 6.47. The first kappa shape index (κ1) is 14.3. The zero-order chi connectivity index (χ0) is 13.9. The van der Waals surface area contributed by atoms with Crippen molar-refractivity contribution in [1.29, 1.82) is 0 Å². The Balaban J connectivity index is 2.01. The Hall–Kier alpha value is -0.620. The van der Waals surface area contributed by atoms with Gasteiger partial charge in [0, 0.05) is 7.16 Å². The van der Waals surface area contributed by atoms with E-state index in [9.17, 15) is 0 Å². The van der Waals surface area contributed by atoms with Crippen LogP contribution in [0.3, 0.4) is 0 Å². The van der Waals surface area contributed by atoms with E-state index in [2.05, 4.69) is 106 Å². The largest absolute Gasteiger partial charge is 0.0622 e. The lowest BCUT2D eigenvalue weighted by Crippen LogP contribution is -2.06. The Labute approximate surface area is 147 Å². The summed E-state index contributed by atoms with van der Waals surface area (Å²) in [5.41, 5.74) is 5.70. The molecule has 1 saturated carbocycles. The zero-order valence-electron chi connectivity index (χ0n) is 10.9. The van der Waals surface area contributed by atoms with Gasteiger partial charge < -0.3 is 0 Å². The summed E-state index contributed by atoms with van der Waals surface area (Å²) in [7, 11) is 0. The van der Waals surface area contributed by atoms with Gasteiger partial charge in [-0.25, -0.2) is 0 Å². The first-order valence-corrected chi connectivity index (χ1v) is 8.81. The molecule has 0 nitrogen and oxygen atoms in total. The average molecular weight is 484 g/mol. The Bertz CT molecular complexity index is 606. The fourth-order valence-corrected chi connectivity index (χ4v) is 4.29. The highest BCUT2D eigenvalue weighted by Crippen LogP contribution is 2.46. The molecular weight excluding hydrogens is 470 g/mol. The first-order chi connectivity index (χ1) is 9.77. The summed E-state index contributed by atoms with van der Waals surface area (Å²) in [4.78, 5) is 0. The van der Waals surface area contributed by atoms with E-state index in [4.69, 9.17) is 0 Å². The van der Waals surface area contributed by atoms with Crippen LogP contribution in [-0.2, 0) is 0 Å². The van der Waals surface area contributed by atoms with E-state index in [0.717, 1.165) is 0 Å². The van der Waals surface area contributed by atoms with Crippen molar-refractivity contribution in [3.63, 3.8) is 0 Å². The van der Waals surface area contributed by atoms with Gasteiger partial charge in [0.2, 0.25) is 0 Å². The summed E-state index contributed by atoms with van der Waals surface area (Å²) < 4.78 is 2.80. The number of benzene rings is 2. The maximum Gasteiger partial charge on any atom is 0.0238 e. The van der Waals surface area contributed by atoms with Gasteiger partial charge in [0.1, 0.15) is 0 Å². The summed E-state index contributed by atoms with van der Waals surface area (Å²) in [6, 6.07) is 21.4. The SMILES string of the molecule is I/C(=C1/CC/C1=C(/I)c1ccccc1)c1ccccc1. The maximum absolute atomic E-state index is 2.49. The van der Waals surface area contributed by atoms with Crippen LogP contribution in [-0.4, -0.2) is 0 Å². The lowest BCUT2D eigenvalue weighted by atomic mass is 9.83. The van der Waals surface area contributed by atoms with E-state index < -0.39 is 0 Å². The van der Waals surface area contributed by atoms with Crippen LogP contribution in [0.1, 0.15) is 24.0 Å². The van der Waals surface area contributed by atoms with Gasteiger partial charge in [-0.3, -0.25) is 0 Å². The van der Waals surface area contributed by atoms with Crippen molar-refractivity contribution < 1.29 is 0 Å². The van der Waals surface area contributed by atoms with Gasteiger partial charge >= 0.3 is 0 Å². The van der Waals surface area contributed by atoms with Gasteiger partial charge in [-0.05, 0) is 80.3 Å². The van der Waals surface area contributed by atoms with Gasteiger partial charge in [0.15, 0.2) is 0 Å². The molecule has 0 atom stereocenters. The van der Waals surface area contributed by atoms with Crippen LogP contribution in [0.4, 0.5) is 0 Å². The molecule has 2 heteroatoms. The fraction of sp³-hybridized carbons (Fsp3) is 0.111. The van der Waals surface area contributed by atoms with E-state index in [1.165, 1.54) is 42.3 Å². The van der Waals surface area contributed by atoms with Gasteiger partial charge in [0.25, 0.3) is 0 Å². The zero-order valence-corrected chi connectivity index (χ0v) is 15.3. The topological polar surface area (TPSA) is 0 Å². The summed E-state index contributed by atoms with van der Waals surface area (Å²) in [6.45, 7) is 0. The number of hydrogen-bond donors (Lipinski definition) is 0. The molecule has 0 aliphatic heterocycles. The molecule has 100 valence electrons. The third-order valence-corrected chi connectivity index (χ3v) is 6.12. The minimum absolute atomic E-state index is 1.20. The minimum atomic E-state index is 1.20. The molecule has 0 N–H and O–H groups in total. The molecule has 2 aromatic carbocycles. The van der Waals surface area contributed by atoms with Crippen LogP contribution in [0.2, 0.25) is 0 Å². The third-order valence-electron chi connectivity index (χ3n) is 3.57. The monoisotopic (exact) mass is 484 g/mol. The van der Waals surface area contributed by atoms with Crippen LogP contribution >= 0.6 is 45.2 Å². The standard InChI is InChI=1S/C18H14I2/c19-17(13-7-3-1-4-8-13)15-11-12-16(15)18(20)14-9-5-2-6-10-14/h1-10H,11-12H2/b17-15-,18-16-. The van der Waals surface area contributed by atoms with Crippen molar-refractivity contribution in [2.24, 2.45) is 0 Å². The molecule has 0 amide bonds. The van der Waals surface area contributed by atoms with E-state index in [-0.39, 0.29) is 0 Å². The Morgan fingerprint density at radius 2 is 0.950 bits per heavy atom. The molecule has 0 heterocycles. The highest BCUT2D eigenvalue weighted by atomic mass is 127. The molecule has 20 heavy (non-hydrogen) atoms. The number of halogens is 2. The molecule has 0 aromatic heterocycles. The summed E-state index contributed by atoms with van der Waals surface area (Å²) >= 11 is 4.99. The van der Waals surface area contributed by atoms with Crippen LogP contribution in [0, 0.1) is 0 Å². The normalized spacial score (nSPS) is 19.3. The van der Waals surface area contributed by atoms with Gasteiger partial charge in [-0.15, -0.1) is 0 Å². The molecule has 3 rings (SSSR count). The molecule has 1 fully saturated rings. The van der Waals surface area contributed by atoms with E-state index in [1.807, 2.05) is 0 Å². The summed E-state index contributed by atoms with van der Waals surface area (Å²) in [5.74, 6) is 0. The molecule has 0 saturated heterocycles. The second-order valence-electron chi connectivity index (χ2n) is 4.82. The molecule has 1 aliphatic carbocycles. The van der Waals surface area contributed by atoms with Crippen LogP contribution < -0.4 is 0 Å². The van der Waals surface area contributed by atoms with Crippen LogP contribution in [0.15, 0.2) is 71.8 Å². The van der Waals surface area contributed by atoms with Crippen molar-refractivity contribution in [2.45, 2.75) is 12.8 Å². The summed E-state index contributed by atoms with van der Waals surface area (Å²) in [5, 5.41) is 0. The Morgan fingerprint density at radius 1 is 0.600 bits per heavy atom. The van der Waals surface area contributed by atoms with Crippen molar-refractivity contribution in [3.8, 4) is 0 Å². The highest BCUT2D eigenvalue weighted by Gasteiger charge is 2.23. The van der Waals surface area contributed by atoms with Crippen molar-refractivity contribution in [3.05, 3.63) is 82.9 Å². The van der Waals surface area contributed by atoms with Gasteiger partial charge in [0.05, 0.1) is 0 Å². The van der Waals surface area contributed by atoms with E-state index in [0.29, 0.717) is 0 Å². The number of hydrogen-bond acceptors (Lipinski definition) is 0. The molecule has 0 bridgehead atoms. The predicted molar refractivity (Wildman–Crippen MR) is 104 cm³/mol. The first-order valence-electron chi connectivity index (χ1n) is 6.66. The number of rotatable bonds is 2. The minimum Gasteiger partial charge on any atom is -0.0622 e. The van der Waals surface area contributed by atoms with E-state index in [1.54, 1.807) is 0 Å². The van der Waals surface area contributed by atoms with Crippen molar-refractivity contribution in [2.75, 3.05) is 0 Å². The molecule has 0 radical (unpaired) electrons. The molecule has 0 unspecified atom stereocenters. The van der Waals surface area contributed by atoms with Crippen molar-refractivity contribution in [1.82, 2.24) is 0 Å². The average Bonchev–Trinajstić information content (AvgIpc) is 2.48. The highest BCUT2D eigenvalue weighted by molar-refractivity contribution is 14.1. The third kappa shape index (κ3) is 2.86. The van der Waals surface area contributed by atoms with Crippen LogP contribution in [0.25, 0.3) is 7.16 Å². The van der Waals surface area contributed by atoms with Crippen molar-refractivity contribution >= 4 is 52.3 Å². The number of allylic oxidation sites excluding steroid dienone is 2. The molecule has 2 aromatic rings. The molecule has 1 aliphatic rings. The summed E-state index contributed by atoms with van der Waals surface area (Å²) in [6.07, 6.45) is 2.39. The van der Waals surface area contributed by atoms with Crippen LogP contribution in [0.5, 0.6) is 0 Å². The fourth-order valence-electron chi connectivity index (χ4n) is 2.38. The quantitative estimate of drug-likeness (QED) is 0.429. The van der Waals surface area contributed by atoms with E-state index >= 15 is 0 Å². The molecule has 0 spiro atoms. The second kappa shape index (κ2) is 6.43. The van der Waals surface area contributed by atoms with Gasteiger partial charge in [-0.1, -0.05) is 60.7 Å². The lowest BCUT2D eigenvalue weighted by Gasteiger charge is -2.26. The maximum atomic E-state index is 2.49. The Morgan fingerprint density at radius 3 is 1.25 bits per heavy atom. The smallest absolute Gasteiger partial charge is 0.0238 e. The van der Waals surface area contributed by atoms with Gasteiger partial charge in [-0.2, -0.15) is 0 Å². The lowest BCUT2D eigenvalue weighted by molar-refractivity contribution is 0.839.